The van der Waals surface area contributed by atoms with Crippen LogP contribution in [-0.4, -0.2) is 71.3 Å². The first-order valence-corrected chi connectivity index (χ1v) is 10.3. The van der Waals surface area contributed by atoms with E-state index in [-0.39, 0.29) is 11.5 Å². The first-order chi connectivity index (χ1) is 14.4. The molecule has 0 radical (unpaired) electrons. The molecule has 2 aromatic carbocycles. The fourth-order valence-corrected chi connectivity index (χ4v) is 4.15. The van der Waals surface area contributed by atoms with E-state index in [0.29, 0.717) is 11.1 Å². The van der Waals surface area contributed by atoms with Crippen LogP contribution in [0, 0.1) is 0 Å². The van der Waals surface area contributed by atoms with Crippen LogP contribution in [0.2, 0.25) is 0 Å². The Morgan fingerprint density at radius 1 is 0.667 bits per heavy atom. The molecule has 4 aromatic rings. The van der Waals surface area contributed by atoms with Crippen molar-refractivity contribution in [2.75, 3.05) is 41.3 Å². The zero-order chi connectivity index (χ0) is 21.4. The SMILES string of the molecule is CN(C)CCc1c[nH]c2ccc(O)c(-c3c(O)ccc4[nH]cc(CCN(C)C)c34)c12. The van der Waals surface area contributed by atoms with Gasteiger partial charge in [0, 0.05) is 58.4 Å². The minimum atomic E-state index is 0.177. The predicted octanol–water partition coefficient (Wildman–Crippen LogP) is 3.94. The number of benzene rings is 2. The van der Waals surface area contributed by atoms with E-state index in [4.69, 9.17) is 0 Å². The third-order valence-electron chi connectivity index (χ3n) is 5.72. The summed E-state index contributed by atoms with van der Waals surface area (Å²) in [7, 11) is 8.21. The van der Waals surface area contributed by atoms with Gasteiger partial charge in [-0.2, -0.15) is 0 Å². The number of rotatable bonds is 7. The number of aromatic nitrogens is 2. The van der Waals surface area contributed by atoms with Crippen molar-refractivity contribution in [2.24, 2.45) is 0 Å². The van der Waals surface area contributed by atoms with Crippen molar-refractivity contribution in [1.82, 2.24) is 19.8 Å². The van der Waals surface area contributed by atoms with Crippen LogP contribution in [0.3, 0.4) is 0 Å². The third kappa shape index (κ3) is 3.64. The van der Waals surface area contributed by atoms with Gasteiger partial charge < -0.3 is 30.0 Å². The van der Waals surface area contributed by atoms with E-state index in [9.17, 15) is 10.2 Å². The lowest BCUT2D eigenvalue weighted by Crippen LogP contribution is -2.15. The van der Waals surface area contributed by atoms with Gasteiger partial charge in [-0.05, 0) is 76.4 Å². The molecule has 158 valence electrons. The smallest absolute Gasteiger partial charge is 0.124 e. The van der Waals surface area contributed by atoms with Crippen LogP contribution in [0.1, 0.15) is 11.1 Å². The van der Waals surface area contributed by atoms with Gasteiger partial charge in [-0.3, -0.25) is 0 Å². The molecule has 0 saturated heterocycles. The Hall–Kier alpha value is -2.96. The van der Waals surface area contributed by atoms with E-state index in [0.717, 1.165) is 58.9 Å². The summed E-state index contributed by atoms with van der Waals surface area (Å²) in [4.78, 5) is 11.0. The molecule has 0 aliphatic rings. The molecule has 0 amide bonds. The summed E-state index contributed by atoms with van der Waals surface area (Å²) in [5.74, 6) is 0.353. The van der Waals surface area contributed by atoms with Gasteiger partial charge >= 0.3 is 0 Å². The number of fused-ring (bicyclic) bond motifs is 2. The fourth-order valence-electron chi connectivity index (χ4n) is 4.15. The number of phenolic OH excluding ortho intramolecular Hbond substituents is 2. The molecule has 0 aliphatic carbocycles. The van der Waals surface area contributed by atoms with E-state index in [1.807, 2.05) is 24.5 Å². The Morgan fingerprint density at radius 3 is 1.43 bits per heavy atom. The molecule has 0 atom stereocenters. The molecule has 0 aliphatic heterocycles. The summed E-state index contributed by atoms with van der Waals surface area (Å²) in [6.07, 6.45) is 5.72. The average molecular weight is 407 g/mol. The summed E-state index contributed by atoms with van der Waals surface area (Å²) < 4.78 is 0. The Kier molecular flexibility index (Phi) is 5.45. The highest BCUT2D eigenvalue weighted by atomic mass is 16.3. The largest absolute Gasteiger partial charge is 0.507 e. The fraction of sp³-hybridized carbons (Fsp3) is 0.333. The van der Waals surface area contributed by atoms with Crippen molar-refractivity contribution >= 4 is 21.8 Å². The molecule has 30 heavy (non-hydrogen) atoms. The highest BCUT2D eigenvalue weighted by Gasteiger charge is 2.22. The van der Waals surface area contributed by atoms with E-state index >= 15 is 0 Å². The van der Waals surface area contributed by atoms with E-state index in [1.165, 1.54) is 0 Å². The molecule has 2 aromatic heterocycles. The van der Waals surface area contributed by atoms with Gasteiger partial charge in [-0.25, -0.2) is 0 Å². The van der Waals surface area contributed by atoms with E-state index in [2.05, 4.69) is 48.0 Å². The molecule has 0 bridgehead atoms. The zero-order valence-electron chi connectivity index (χ0n) is 18.1. The molecular weight excluding hydrogens is 376 g/mol. The third-order valence-corrected chi connectivity index (χ3v) is 5.72. The molecule has 4 N–H and O–H groups in total. The van der Waals surface area contributed by atoms with Crippen LogP contribution in [0.25, 0.3) is 32.9 Å². The van der Waals surface area contributed by atoms with Gasteiger partial charge in [0.2, 0.25) is 0 Å². The summed E-state index contributed by atoms with van der Waals surface area (Å²) in [6.45, 7) is 1.80. The van der Waals surface area contributed by atoms with Crippen molar-refractivity contribution in [1.29, 1.82) is 0 Å². The van der Waals surface area contributed by atoms with Crippen LogP contribution in [0.5, 0.6) is 11.5 Å². The average Bonchev–Trinajstić information content (AvgIpc) is 3.29. The second-order valence-corrected chi connectivity index (χ2v) is 8.50. The van der Waals surface area contributed by atoms with Crippen LogP contribution >= 0.6 is 0 Å². The Morgan fingerprint density at radius 2 is 1.07 bits per heavy atom. The minimum absolute atomic E-state index is 0.177. The number of hydrogen-bond donors (Lipinski definition) is 4. The maximum Gasteiger partial charge on any atom is 0.124 e. The molecule has 0 spiro atoms. The van der Waals surface area contributed by atoms with Crippen LogP contribution in [0.15, 0.2) is 36.7 Å². The highest BCUT2D eigenvalue weighted by molar-refractivity contribution is 6.10. The van der Waals surface area contributed by atoms with Crippen molar-refractivity contribution in [3.63, 3.8) is 0 Å². The quantitative estimate of drug-likeness (QED) is 0.375. The Labute approximate surface area is 176 Å². The highest BCUT2D eigenvalue weighted by Crippen LogP contribution is 2.46. The lowest BCUT2D eigenvalue weighted by molar-refractivity contribution is 0.414. The maximum absolute atomic E-state index is 11.0. The summed E-state index contributed by atoms with van der Waals surface area (Å²) in [5, 5.41) is 23.9. The molecule has 2 heterocycles. The zero-order valence-corrected chi connectivity index (χ0v) is 18.1. The van der Waals surface area contributed by atoms with E-state index in [1.54, 1.807) is 12.1 Å². The number of H-pyrrole nitrogens is 2. The van der Waals surface area contributed by atoms with Gasteiger partial charge in [-0.1, -0.05) is 0 Å². The van der Waals surface area contributed by atoms with Crippen LogP contribution in [0.4, 0.5) is 0 Å². The van der Waals surface area contributed by atoms with Crippen LogP contribution < -0.4 is 0 Å². The molecule has 0 fully saturated rings. The van der Waals surface area contributed by atoms with Gasteiger partial charge in [0.05, 0.1) is 0 Å². The Balaban J connectivity index is 1.98. The van der Waals surface area contributed by atoms with Gasteiger partial charge in [0.15, 0.2) is 0 Å². The number of nitrogens with one attached hydrogen (secondary N) is 2. The van der Waals surface area contributed by atoms with E-state index < -0.39 is 0 Å². The first-order valence-electron chi connectivity index (χ1n) is 10.3. The van der Waals surface area contributed by atoms with Crippen molar-refractivity contribution < 1.29 is 10.2 Å². The first kappa shape index (κ1) is 20.3. The van der Waals surface area contributed by atoms with Crippen molar-refractivity contribution in [2.45, 2.75) is 12.8 Å². The van der Waals surface area contributed by atoms with Crippen LogP contribution in [-0.2, 0) is 12.8 Å². The molecule has 0 saturated carbocycles. The second kappa shape index (κ2) is 8.05. The summed E-state index contributed by atoms with van der Waals surface area (Å²) in [6, 6.07) is 7.20. The van der Waals surface area contributed by atoms with Gasteiger partial charge in [0.25, 0.3) is 0 Å². The van der Waals surface area contributed by atoms with Gasteiger partial charge in [-0.15, -0.1) is 0 Å². The lowest BCUT2D eigenvalue weighted by atomic mass is 9.92. The molecule has 4 rings (SSSR count). The minimum Gasteiger partial charge on any atom is -0.507 e. The lowest BCUT2D eigenvalue weighted by Gasteiger charge is -2.15. The van der Waals surface area contributed by atoms with Gasteiger partial charge in [0.1, 0.15) is 11.5 Å². The van der Waals surface area contributed by atoms with Crippen molar-refractivity contribution in [3.05, 3.63) is 47.8 Å². The number of aromatic amines is 2. The standard InChI is InChI=1S/C24H30N4O2/c1-27(2)11-9-15-13-25-17-5-7-19(29)23(21(15)17)24-20(30)8-6-18-22(24)16(14-26-18)10-12-28(3)4/h5-8,13-14,25-26,29-30H,9-12H2,1-4H3. The van der Waals surface area contributed by atoms with Crippen molar-refractivity contribution in [3.8, 4) is 22.6 Å². The molecule has 6 heteroatoms. The molecule has 6 nitrogen and oxygen atoms in total. The number of nitrogens with zero attached hydrogens (tertiary/aromatic N) is 2. The molecule has 0 unspecified atom stereocenters. The molecular formula is C24H30N4O2. The second-order valence-electron chi connectivity index (χ2n) is 8.50. The monoisotopic (exact) mass is 406 g/mol. The predicted molar refractivity (Wildman–Crippen MR) is 123 cm³/mol. The normalized spacial score (nSPS) is 12.1. The maximum atomic E-state index is 11.0. The topological polar surface area (TPSA) is 78.5 Å². The number of hydrogen-bond acceptors (Lipinski definition) is 4. The number of phenols is 2. The summed E-state index contributed by atoms with van der Waals surface area (Å²) >= 11 is 0. The number of likely N-dealkylation sites (N-methyl/N-ethyl adjacent to an activating group) is 2. The Bertz CT molecular complexity index is 1090. The number of aromatic hydroxyl groups is 2. The summed E-state index contributed by atoms with van der Waals surface area (Å²) in [5.41, 5.74) is 5.56.